The van der Waals surface area contributed by atoms with Gasteiger partial charge in [-0.15, -0.1) is 10.2 Å². The minimum absolute atomic E-state index is 0.0890. The summed E-state index contributed by atoms with van der Waals surface area (Å²) in [5.74, 6) is -0.302. The fourth-order valence-electron chi connectivity index (χ4n) is 3.10. The van der Waals surface area contributed by atoms with Crippen molar-refractivity contribution in [3.05, 3.63) is 89.4 Å². The molecule has 0 aliphatic heterocycles. The zero-order chi connectivity index (χ0) is 21.1. The molecule has 0 spiro atoms. The lowest BCUT2D eigenvalue weighted by molar-refractivity contribution is 0.204. The quantitative estimate of drug-likeness (QED) is 0.221. The van der Waals surface area contributed by atoms with Crippen LogP contribution in [0.2, 0.25) is 5.02 Å². The van der Waals surface area contributed by atoms with Gasteiger partial charge in [0, 0.05) is 21.7 Å². The Morgan fingerprint density at radius 1 is 0.833 bits per heavy atom. The molecule has 4 aromatic rings. The number of phenolic OH excluding ortho intramolecular Hbond substituents is 2. The van der Waals surface area contributed by atoms with Gasteiger partial charge in [-0.05, 0) is 41.8 Å². The number of nitrogens with zero attached hydrogens (tertiary/aromatic N) is 2. The highest BCUT2D eigenvalue weighted by atomic mass is 35.5. The molecular weight excluding hydrogens is 402 g/mol. The van der Waals surface area contributed by atoms with E-state index in [0.29, 0.717) is 16.1 Å². The number of aliphatic hydroxyl groups is 1. The first-order chi connectivity index (χ1) is 14.5. The van der Waals surface area contributed by atoms with E-state index >= 15 is 0 Å². The molecule has 0 aliphatic rings. The summed E-state index contributed by atoms with van der Waals surface area (Å²) in [6, 6.07) is 22.6. The van der Waals surface area contributed by atoms with E-state index in [1.807, 2.05) is 48.5 Å². The number of hydrogen-bond donors (Lipinski definition) is 4. The zero-order valence-electron chi connectivity index (χ0n) is 15.7. The molecule has 0 saturated carbocycles. The normalized spacial score (nSPS) is 12.3. The van der Waals surface area contributed by atoms with Gasteiger partial charge in [0.25, 0.3) is 0 Å². The number of aliphatic hydroxyl groups excluding tert-OH is 1. The van der Waals surface area contributed by atoms with E-state index in [0.717, 1.165) is 5.39 Å². The predicted molar refractivity (Wildman–Crippen MR) is 118 cm³/mol. The minimum atomic E-state index is -1.18. The van der Waals surface area contributed by atoms with Crippen LogP contribution in [0.1, 0.15) is 11.8 Å². The van der Waals surface area contributed by atoms with Crippen LogP contribution in [0, 0.1) is 0 Å². The molecule has 4 N–H and O–H groups in total. The molecule has 0 aromatic heterocycles. The summed E-state index contributed by atoms with van der Waals surface area (Å²) in [5, 5.41) is 44.6. The number of azo groups is 1. The van der Waals surface area contributed by atoms with Crippen molar-refractivity contribution < 1.29 is 15.3 Å². The SMILES string of the molecule is Oc1ccc(Cl)cc1N=Nc1c(O)c(C(O)Nc2ccccc2)cc2ccccc12. The standard InChI is InChI=1S/C23H18ClN3O3/c24-15-10-11-20(28)19(13-15)26-27-21-17-9-5-4-6-14(17)12-18(22(21)29)23(30)25-16-7-2-1-3-8-16/h1-13,23,25,28-30H. The van der Waals surface area contributed by atoms with E-state index in [4.69, 9.17) is 11.6 Å². The lowest BCUT2D eigenvalue weighted by Crippen LogP contribution is -2.09. The molecule has 0 aliphatic carbocycles. The molecule has 4 aromatic carbocycles. The van der Waals surface area contributed by atoms with Crippen LogP contribution in [0.15, 0.2) is 89.1 Å². The third-order valence-corrected chi connectivity index (χ3v) is 4.83. The molecule has 7 heteroatoms. The molecule has 0 radical (unpaired) electrons. The van der Waals surface area contributed by atoms with E-state index in [9.17, 15) is 15.3 Å². The van der Waals surface area contributed by atoms with Crippen molar-refractivity contribution in [1.82, 2.24) is 0 Å². The van der Waals surface area contributed by atoms with Crippen molar-refractivity contribution in [3.63, 3.8) is 0 Å². The average molecular weight is 420 g/mol. The second-order valence-electron chi connectivity index (χ2n) is 6.63. The van der Waals surface area contributed by atoms with Crippen LogP contribution in [0.5, 0.6) is 11.5 Å². The molecule has 0 saturated heterocycles. The molecule has 1 atom stereocenters. The highest BCUT2D eigenvalue weighted by Crippen LogP contribution is 2.42. The summed E-state index contributed by atoms with van der Waals surface area (Å²) in [4.78, 5) is 0. The number of benzene rings is 4. The van der Waals surface area contributed by atoms with Crippen LogP contribution in [-0.4, -0.2) is 15.3 Å². The van der Waals surface area contributed by atoms with Crippen molar-refractivity contribution in [2.75, 3.05) is 5.32 Å². The van der Waals surface area contributed by atoms with Crippen LogP contribution < -0.4 is 5.32 Å². The van der Waals surface area contributed by atoms with E-state index in [1.165, 1.54) is 18.2 Å². The average Bonchev–Trinajstić information content (AvgIpc) is 2.75. The monoisotopic (exact) mass is 419 g/mol. The molecule has 6 nitrogen and oxygen atoms in total. The number of para-hydroxylation sites is 1. The lowest BCUT2D eigenvalue weighted by Gasteiger charge is -2.18. The van der Waals surface area contributed by atoms with Gasteiger partial charge in [0.2, 0.25) is 0 Å². The molecular formula is C23H18ClN3O3. The molecule has 0 heterocycles. The summed E-state index contributed by atoms with van der Waals surface area (Å²) >= 11 is 5.97. The fourth-order valence-corrected chi connectivity index (χ4v) is 3.27. The minimum Gasteiger partial charge on any atom is -0.506 e. The Labute approximate surface area is 177 Å². The van der Waals surface area contributed by atoms with Crippen LogP contribution in [0.25, 0.3) is 10.8 Å². The maximum absolute atomic E-state index is 10.9. The van der Waals surface area contributed by atoms with Gasteiger partial charge in [0.1, 0.15) is 17.1 Å². The first-order valence-corrected chi connectivity index (χ1v) is 9.55. The number of halogens is 1. The first kappa shape index (κ1) is 19.7. The largest absolute Gasteiger partial charge is 0.506 e. The van der Waals surface area contributed by atoms with E-state index in [-0.39, 0.29) is 28.4 Å². The predicted octanol–water partition coefficient (Wildman–Crippen LogP) is 6.42. The smallest absolute Gasteiger partial charge is 0.154 e. The number of rotatable bonds is 5. The number of nitrogens with one attached hydrogen (secondary N) is 1. The molecule has 0 bridgehead atoms. The van der Waals surface area contributed by atoms with Crippen LogP contribution in [0.4, 0.5) is 17.1 Å². The maximum Gasteiger partial charge on any atom is 0.154 e. The Hall–Kier alpha value is -3.61. The van der Waals surface area contributed by atoms with Gasteiger partial charge in [0.05, 0.1) is 0 Å². The second kappa shape index (κ2) is 8.41. The second-order valence-corrected chi connectivity index (χ2v) is 7.07. The summed E-state index contributed by atoms with van der Waals surface area (Å²) < 4.78 is 0. The van der Waals surface area contributed by atoms with Crippen molar-refractivity contribution >= 4 is 39.4 Å². The van der Waals surface area contributed by atoms with E-state index in [1.54, 1.807) is 12.1 Å². The van der Waals surface area contributed by atoms with Crippen molar-refractivity contribution in [1.29, 1.82) is 0 Å². The highest BCUT2D eigenvalue weighted by molar-refractivity contribution is 6.30. The Balaban J connectivity index is 1.79. The van der Waals surface area contributed by atoms with Gasteiger partial charge >= 0.3 is 0 Å². The van der Waals surface area contributed by atoms with Gasteiger partial charge < -0.3 is 20.6 Å². The first-order valence-electron chi connectivity index (χ1n) is 9.17. The number of fused-ring (bicyclic) bond motifs is 1. The Bertz CT molecular complexity index is 1230. The molecule has 1 unspecified atom stereocenters. The molecule has 150 valence electrons. The third-order valence-electron chi connectivity index (χ3n) is 4.59. The zero-order valence-corrected chi connectivity index (χ0v) is 16.5. The van der Waals surface area contributed by atoms with Gasteiger partial charge in [-0.3, -0.25) is 0 Å². The summed E-state index contributed by atoms with van der Waals surface area (Å²) in [6.45, 7) is 0. The number of hydrogen-bond acceptors (Lipinski definition) is 6. The van der Waals surface area contributed by atoms with Crippen LogP contribution in [0.3, 0.4) is 0 Å². The van der Waals surface area contributed by atoms with Crippen LogP contribution >= 0.6 is 11.6 Å². The topological polar surface area (TPSA) is 97.4 Å². The summed E-state index contributed by atoms with van der Waals surface area (Å²) in [7, 11) is 0. The summed E-state index contributed by atoms with van der Waals surface area (Å²) in [6.07, 6.45) is -1.18. The Morgan fingerprint density at radius 2 is 1.57 bits per heavy atom. The fraction of sp³-hybridized carbons (Fsp3) is 0.0435. The van der Waals surface area contributed by atoms with Gasteiger partial charge in [-0.25, -0.2) is 0 Å². The summed E-state index contributed by atoms with van der Waals surface area (Å²) in [5.41, 5.74) is 1.29. The number of aromatic hydroxyl groups is 2. The Kier molecular flexibility index (Phi) is 5.52. The van der Waals surface area contributed by atoms with Crippen molar-refractivity contribution in [3.8, 4) is 11.5 Å². The van der Waals surface area contributed by atoms with Gasteiger partial charge in [-0.1, -0.05) is 54.1 Å². The number of phenols is 2. The Morgan fingerprint density at radius 3 is 2.37 bits per heavy atom. The number of anilines is 1. The van der Waals surface area contributed by atoms with Crippen LogP contribution in [-0.2, 0) is 0 Å². The maximum atomic E-state index is 10.9. The van der Waals surface area contributed by atoms with Crippen molar-refractivity contribution in [2.24, 2.45) is 10.2 Å². The van der Waals surface area contributed by atoms with E-state index < -0.39 is 6.23 Å². The lowest BCUT2D eigenvalue weighted by atomic mass is 10.0. The van der Waals surface area contributed by atoms with Crippen molar-refractivity contribution in [2.45, 2.75) is 6.23 Å². The molecule has 0 fully saturated rings. The molecule has 30 heavy (non-hydrogen) atoms. The van der Waals surface area contributed by atoms with Gasteiger partial charge in [0.15, 0.2) is 12.0 Å². The molecule has 0 amide bonds. The highest BCUT2D eigenvalue weighted by Gasteiger charge is 2.19. The third kappa shape index (κ3) is 4.05. The molecule has 4 rings (SSSR count). The van der Waals surface area contributed by atoms with E-state index in [2.05, 4.69) is 15.5 Å². The van der Waals surface area contributed by atoms with Gasteiger partial charge in [-0.2, -0.15) is 0 Å².